The van der Waals surface area contributed by atoms with Gasteiger partial charge in [-0.05, 0) is 22.0 Å². The first-order chi connectivity index (χ1) is 6.97. The Labute approximate surface area is 91.8 Å². The van der Waals surface area contributed by atoms with Gasteiger partial charge in [0.2, 0.25) is 0 Å². The normalized spacial score (nSPS) is 9.67. The first-order valence-corrected chi connectivity index (χ1v) is 4.43. The number of nitrogens with zero attached hydrogens (tertiary/aromatic N) is 1. The molecule has 0 aromatic heterocycles. The van der Waals surface area contributed by atoms with Gasteiger partial charge in [0.1, 0.15) is 0 Å². The smallest absolute Gasteiger partial charge is 0.337 e. The lowest BCUT2D eigenvalue weighted by molar-refractivity contribution is -0.385. The van der Waals surface area contributed by atoms with Crippen LogP contribution in [0, 0.1) is 10.1 Å². The van der Waals surface area contributed by atoms with E-state index < -0.39 is 16.6 Å². The quantitative estimate of drug-likeness (QED) is 0.515. The summed E-state index contributed by atoms with van der Waals surface area (Å²) >= 11 is 2.91. The minimum absolute atomic E-state index is 0.128. The maximum Gasteiger partial charge on any atom is 0.337 e. The maximum atomic E-state index is 10.7. The molecule has 1 aromatic carbocycles. The van der Waals surface area contributed by atoms with E-state index in [1.165, 1.54) is 0 Å². The summed E-state index contributed by atoms with van der Waals surface area (Å²) in [6.07, 6.45) is 0.300. The van der Waals surface area contributed by atoms with Crippen molar-refractivity contribution < 1.29 is 19.6 Å². The zero-order chi connectivity index (χ0) is 11.6. The van der Waals surface area contributed by atoms with E-state index in [-0.39, 0.29) is 15.6 Å². The van der Waals surface area contributed by atoms with Gasteiger partial charge in [0.25, 0.3) is 5.69 Å². The first-order valence-electron chi connectivity index (χ1n) is 3.63. The van der Waals surface area contributed by atoms with Crippen molar-refractivity contribution in [2.45, 2.75) is 0 Å². The molecule has 0 spiro atoms. The van der Waals surface area contributed by atoms with Crippen LogP contribution >= 0.6 is 15.9 Å². The van der Waals surface area contributed by atoms with Crippen molar-refractivity contribution in [1.82, 2.24) is 0 Å². The second-order valence-corrected chi connectivity index (χ2v) is 3.43. The summed E-state index contributed by atoms with van der Waals surface area (Å²) in [5.41, 5.74) is -0.949. The zero-order valence-corrected chi connectivity index (χ0v) is 8.72. The van der Waals surface area contributed by atoms with E-state index in [0.29, 0.717) is 6.29 Å². The largest absolute Gasteiger partial charge is 0.478 e. The molecular weight excluding hydrogens is 270 g/mol. The number of carboxylic acid groups (broad SMARTS) is 1. The fourth-order valence-corrected chi connectivity index (χ4v) is 1.52. The summed E-state index contributed by atoms with van der Waals surface area (Å²) in [7, 11) is 0. The first kappa shape index (κ1) is 11.3. The summed E-state index contributed by atoms with van der Waals surface area (Å²) in [5, 5.41) is 19.2. The highest BCUT2D eigenvalue weighted by Gasteiger charge is 2.19. The van der Waals surface area contributed by atoms with Crippen LogP contribution in [0.2, 0.25) is 0 Å². The van der Waals surface area contributed by atoms with Crippen molar-refractivity contribution in [2.75, 3.05) is 0 Å². The van der Waals surface area contributed by atoms with Gasteiger partial charge in [-0.3, -0.25) is 14.9 Å². The SMILES string of the molecule is O=Cc1cc(Br)c(C(=O)O)cc1[N+](=O)[O-]. The molecule has 0 radical (unpaired) electrons. The third kappa shape index (κ3) is 2.18. The Balaban J connectivity index is 3.50. The molecule has 0 heterocycles. The number of carboxylic acids is 1. The Morgan fingerprint density at radius 3 is 2.53 bits per heavy atom. The Morgan fingerprint density at radius 1 is 1.53 bits per heavy atom. The Bertz CT molecular complexity index is 457. The topological polar surface area (TPSA) is 97.5 Å². The number of rotatable bonds is 3. The highest BCUT2D eigenvalue weighted by molar-refractivity contribution is 9.10. The summed E-state index contributed by atoms with van der Waals surface area (Å²) in [4.78, 5) is 30.8. The molecule has 1 rings (SSSR count). The Kier molecular flexibility index (Phi) is 3.15. The van der Waals surface area contributed by atoms with E-state index in [2.05, 4.69) is 15.9 Å². The van der Waals surface area contributed by atoms with Crippen molar-refractivity contribution in [3.63, 3.8) is 0 Å². The molecule has 0 saturated heterocycles. The average Bonchev–Trinajstić information content (AvgIpc) is 2.16. The van der Waals surface area contributed by atoms with Crippen LogP contribution < -0.4 is 0 Å². The molecule has 0 aliphatic rings. The molecule has 0 aliphatic heterocycles. The third-order valence-corrected chi connectivity index (χ3v) is 2.33. The van der Waals surface area contributed by atoms with Crippen molar-refractivity contribution >= 4 is 33.9 Å². The predicted octanol–water partition coefficient (Wildman–Crippen LogP) is 1.87. The number of nitro groups is 1. The van der Waals surface area contributed by atoms with Crippen LogP contribution in [-0.4, -0.2) is 22.3 Å². The van der Waals surface area contributed by atoms with Crippen LogP contribution in [0.1, 0.15) is 20.7 Å². The molecule has 0 bridgehead atoms. The number of hydrogen-bond donors (Lipinski definition) is 1. The molecule has 0 amide bonds. The van der Waals surface area contributed by atoms with E-state index >= 15 is 0 Å². The van der Waals surface area contributed by atoms with Crippen LogP contribution in [-0.2, 0) is 0 Å². The molecule has 0 aliphatic carbocycles. The molecule has 15 heavy (non-hydrogen) atoms. The standard InChI is InChI=1S/C8H4BrNO5/c9-6-1-4(3-11)7(10(14)15)2-5(6)8(12)13/h1-3H,(H,12,13). The second-order valence-electron chi connectivity index (χ2n) is 2.57. The fraction of sp³-hybridized carbons (Fsp3) is 0. The fourth-order valence-electron chi connectivity index (χ4n) is 0.994. The molecule has 0 fully saturated rings. The molecule has 6 nitrogen and oxygen atoms in total. The average molecular weight is 274 g/mol. The number of hydrogen-bond acceptors (Lipinski definition) is 4. The van der Waals surface area contributed by atoms with Gasteiger partial charge in [0.15, 0.2) is 6.29 Å². The van der Waals surface area contributed by atoms with Crippen LogP contribution in [0.3, 0.4) is 0 Å². The minimum Gasteiger partial charge on any atom is -0.478 e. The van der Waals surface area contributed by atoms with Crippen molar-refractivity contribution in [1.29, 1.82) is 0 Å². The lowest BCUT2D eigenvalue weighted by atomic mass is 10.1. The molecule has 0 saturated carbocycles. The third-order valence-electron chi connectivity index (χ3n) is 1.67. The maximum absolute atomic E-state index is 10.7. The van der Waals surface area contributed by atoms with E-state index in [0.717, 1.165) is 12.1 Å². The summed E-state index contributed by atoms with van der Waals surface area (Å²) in [6, 6.07) is 1.95. The van der Waals surface area contributed by atoms with E-state index in [1.807, 2.05) is 0 Å². The van der Waals surface area contributed by atoms with Gasteiger partial charge in [0, 0.05) is 10.5 Å². The number of carbonyl (C=O) groups excluding carboxylic acids is 1. The second kappa shape index (κ2) is 4.18. The highest BCUT2D eigenvalue weighted by Crippen LogP contribution is 2.26. The summed E-state index contributed by atoms with van der Waals surface area (Å²) in [5.74, 6) is -1.30. The molecule has 78 valence electrons. The Morgan fingerprint density at radius 2 is 2.13 bits per heavy atom. The number of aromatic carboxylic acids is 1. The van der Waals surface area contributed by atoms with Crippen LogP contribution in [0.5, 0.6) is 0 Å². The zero-order valence-electron chi connectivity index (χ0n) is 7.14. The molecule has 0 unspecified atom stereocenters. The van der Waals surface area contributed by atoms with Gasteiger partial charge in [-0.15, -0.1) is 0 Å². The lowest BCUT2D eigenvalue weighted by Gasteiger charge is -2.01. The van der Waals surface area contributed by atoms with Gasteiger partial charge in [-0.25, -0.2) is 4.79 Å². The molecule has 7 heteroatoms. The van der Waals surface area contributed by atoms with E-state index in [1.54, 1.807) is 0 Å². The van der Waals surface area contributed by atoms with E-state index in [9.17, 15) is 19.7 Å². The molecule has 1 N–H and O–H groups in total. The van der Waals surface area contributed by atoms with Gasteiger partial charge >= 0.3 is 5.97 Å². The van der Waals surface area contributed by atoms with Gasteiger partial charge in [0.05, 0.1) is 16.1 Å². The Hall–Kier alpha value is -1.76. The van der Waals surface area contributed by atoms with Gasteiger partial charge < -0.3 is 5.11 Å². The molecule has 1 aromatic rings. The van der Waals surface area contributed by atoms with Crippen LogP contribution in [0.25, 0.3) is 0 Å². The number of halogens is 1. The lowest BCUT2D eigenvalue weighted by Crippen LogP contribution is -2.02. The van der Waals surface area contributed by atoms with Crippen molar-refractivity contribution in [3.05, 3.63) is 37.8 Å². The van der Waals surface area contributed by atoms with Crippen LogP contribution in [0.15, 0.2) is 16.6 Å². The van der Waals surface area contributed by atoms with Gasteiger partial charge in [-0.1, -0.05) is 0 Å². The molecular formula is C8H4BrNO5. The number of benzene rings is 1. The van der Waals surface area contributed by atoms with Crippen molar-refractivity contribution in [2.24, 2.45) is 0 Å². The number of carbonyl (C=O) groups is 2. The van der Waals surface area contributed by atoms with Crippen molar-refractivity contribution in [3.8, 4) is 0 Å². The van der Waals surface area contributed by atoms with Crippen LogP contribution in [0.4, 0.5) is 5.69 Å². The number of aldehydes is 1. The predicted molar refractivity (Wildman–Crippen MR) is 53.1 cm³/mol. The monoisotopic (exact) mass is 273 g/mol. The summed E-state index contributed by atoms with van der Waals surface area (Å²) < 4.78 is 0.128. The minimum atomic E-state index is -1.30. The van der Waals surface area contributed by atoms with Gasteiger partial charge in [-0.2, -0.15) is 0 Å². The summed E-state index contributed by atoms with van der Waals surface area (Å²) in [6.45, 7) is 0. The van der Waals surface area contributed by atoms with E-state index in [4.69, 9.17) is 5.11 Å². The number of nitro benzene ring substituents is 1. The highest BCUT2D eigenvalue weighted by atomic mass is 79.9. The molecule has 0 atom stereocenters.